The fourth-order valence-corrected chi connectivity index (χ4v) is 2.75. The maximum atomic E-state index is 13.4. The third-order valence-corrected chi connectivity index (χ3v) is 4.53. The number of hydrazone groups is 1. The highest BCUT2D eigenvalue weighted by Gasteiger charge is 2.12. The normalized spacial score (nSPS) is 11.5. The van der Waals surface area contributed by atoms with Crippen molar-refractivity contribution in [3.8, 4) is 5.75 Å². The maximum Gasteiger partial charge on any atom is 0.276 e. The van der Waals surface area contributed by atoms with Crippen LogP contribution in [0.5, 0.6) is 5.75 Å². The van der Waals surface area contributed by atoms with Gasteiger partial charge in [0, 0.05) is 10.0 Å². The van der Waals surface area contributed by atoms with Crippen LogP contribution in [0.3, 0.4) is 0 Å². The van der Waals surface area contributed by atoms with E-state index in [9.17, 15) is 12.8 Å². The zero-order chi connectivity index (χ0) is 18.4. The fourth-order valence-electron chi connectivity index (χ4n) is 1.84. The topological polar surface area (TPSA) is 67.8 Å². The van der Waals surface area contributed by atoms with E-state index in [4.69, 9.17) is 4.74 Å². The molecule has 0 aliphatic heterocycles. The average Bonchev–Trinajstić information content (AvgIpc) is 2.54. The van der Waals surface area contributed by atoms with Crippen molar-refractivity contribution in [3.63, 3.8) is 0 Å². The zero-order valence-electron chi connectivity index (χ0n) is 13.4. The van der Waals surface area contributed by atoms with Gasteiger partial charge in [0.2, 0.25) is 0 Å². The molecule has 2 rings (SSSR count). The molecule has 0 fully saturated rings. The minimum Gasteiger partial charge on any atom is -0.488 e. The summed E-state index contributed by atoms with van der Waals surface area (Å²) in [6.07, 6.45) is 1.18. The number of nitrogens with zero attached hydrogens (tertiary/aromatic N) is 1. The van der Waals surface area contributed by atoms with Gasteiger partial charge in [-0.1, -0.05) is 40.2 Å². The number of halogens is 2. The van der Waals surface area contributed by atoms with Crippen LogP contribution in [0.4, 0.5) is 4.39 Å². The molecular weight excluding hydrogens is 411 g/mol. The van der Waals surface area contributed by atoms with Crippen LogP contribution in [0.1, 0.15) is 11.1 Å². The van der Waals surface area contributed by atoms with Gasteiger partial charge in [0.15, 0.2) is 0 Å². The van der Waals surface area contributed by atoms with E-state index in [-0.39, 0.29) is 11.5 Å². The second-order valence-electron chi connectivity index (χ2n) is 5.15. The molecular formula is C17H16BrFN2O3S. The Morgan fingerprint density at radius 2 is 2.00 bits per heavy atom. The highest BCUT2D eigenvalue weighted by atomic mass is 79.9. The summed E-state index contributed by atoms with van der Waals surface area (Å²) in [6, 6.07) is 10.2. The van der Waals surface area contributed by atoms with Crippen LogP contribution in [0.25, 0.3) is 0 Å². The molecule has 0 bridgehead atoms. The molecule has 0 amide bonds. The average molecular weight is 427 g/mol. The van der Waals surface area contributed by atoms with E-state index in [0.717, 1.165) is 5.56 Å². The van der Waals surface area contributed by atoms with Crippen molar-refractivity contribution >= 4 is 32.2 Å². The Morgan fingerprint density at radius 1 is 1.32 bits per heavy atom. The molecule has 5 nitrogen and oxygen atoms in total. The van der Waals surface area contributed by atoms with Gasteiger partial charge in [-0.3, -0.25) is 0 Å². The van der Waals surface area contributed by atoms with Gasteiger partial charge in [-0.05, 0) is 37.3 Å². The maximum absolute atomic E-state index is 13.4. The van der Waals surface area contributed by atoms with E-state index in [1.807, 2.05) is 6.92 Å². The lowest BCUT2D eigenvalue weighted by atomic mass is 10.2. The van der Waals surface area contributed by atoms with Gasteiger partial charge < -0.3 is 4.74 Å². The molecule has 0 atom stereocenters. The molecule has 0 aromatic heterocycles. The van der Waals surface area contributed by atoms with E-state index in [2.05, 4.69) is 32.4 Å². The van der Waals surface area contributed by atoms with Gasteiger partial charge in [-0.15, -0.1) is 0 Å². The Labute approximate surface area is 154 Å². The minimum atomic E-state index is -3.80. The Morgan fingerprint density at radius 3 is 2.64 bits per heavy atom. The van der Waals surface area contributed by atoms with E-state index in [1.54, 1.807) is 12.1 Å². The number of hydrogen-bond donors (Lipinski definition) is 1. The Hall–Kier alpha value is -2.19. The molecule has 1 N–H and O–H groups in total. The fraction of sp³-hybridized carbons (Fsp3) is 0.118. The molecule has 0 saturated heterocycles. The van der Waals surface area contributed by atoms with Gasteiger partial charge in [-0.2, -0.15) is 13.5 Å². The monoisotopic (exact) mass is 426 g/mol. The number of aryl methyl sites for hydroxylation is 1. The number of nitrogens with one attached hydrogen (secondary N) is 1. The smallest absolute Gasteiger partial charge is 0.276 e. The molecule has 25 heavy (non-hydrogen) atoms. The van der Waals surface area contributed by atoms with Crippen LogP contribution < -0.4 is 9.57 Å². The van der Waals surface area contributed by atoms with Gasteiger partial charge >= 0.3 is 0 Å². The number of benzene rings is 2. The number of hydrogen-bond acceptors (Lipinski definition) is 4. The van der Waals surface area contributed by atoms with E-state index in [1.165, 1.54) is 36.5 Å². The van der Waals surface area contributed by atoms with E-state index in [0.29, 0.717) is 15.8 Å². The Kier molecular flexibility index (Phi) is 6.33. The molecule has 2 aromatic rings. The van der Waals surface area contributed by atoms with Crippen LogP contribution in [0.15, 0.2) is 63.5 Å². The lowest BCUT2D eigenvalue weighted by Gasteiger charge is -2.08. The Bertz CT molecular complexity index is 897. The zero-order valence-corrected chi connectivity index (χ0v) is 15.8. The van der Waals surface area contributed by atoms with Crippen LogP contribution >= 0.6 is 15.9 Å². The molecule has 0 aliphatic carbocycles. The summed E-state index contributed by atoms with van der Waals surface area (Å²) in [5, 5.41) is 3.70. The first-order valence-corrected chi connectivity index (χ1v) is 9.43. The molecule has 0 saturated carbocycles. The highest BCUT2D eigenvalue weighted by Crippen LogP contribution is 2.19. The minimum absolute atomic E-state index is 0.0848. The molecule has 8 heteroatoms. The molecule has 0 radical (unpaired) electrons. The van der Waals surface area contributed by atoms with Crippen molar-refractivity contribution in [2.45, 2.75) is 11.8 Å². The van der Waals surface area contributed by atoms with Gasteiger partial charge in [-0.25, -0.2) is 9.22 Å². The number of ether oxygens (including phenoxy) is 1. The molecule has 0 heterocycles. The molecule has 132 valence electrons. The first kappa shape index (κ1) is 19.1. The van der Waals surface area contributed by atoms with Crippen molar-refractivity contribution in [2.75, 3.05) is 6.61 Å². The number of rotatable bonds is 7. The first-order valence-electron chi connectivity index (χ1n) is 7.15. The van der Waals surface area contributed by atoms with Gasteiger partial charge in [0.25, 0.3) is 10.0 Å². The second kappa shape index (κ2) is 8.26. The summed E-state index contributed by atoms with van der Waals surface area (Å²) in [6.45, 7) is 5.68. The Balaban J connectivity index is 2.17. The molecule has 0 unspecified atom stereocenters. The van der Waals surface area contributed by atoms with Crippen LogP contribution in [0, 0.1) is 12.7 Å². The predicted octanol–water partition coefficient (Wildman–Crippen LogP) is 3.73. The highest BCUT2D eigenvalue weighted by molar-refractivity contribution is 9.11. The van der Waals surface area contributed by atoms with E-state index < -0.39 is 15.8 Å². The van der Waals surface area contributed by atoms with Crippen molar-refractivity contribution in [1.82, 2.24) is 4.83 Å². The summed E-state index contributed by atoms with van der Waals surface area (Å²) in [7, 11) is -3.80. The van der Waals surface area contributed by atoms with Crippen LogP contribution in [-0.2, 0) is 10.0 Å². The van der Waals surface area contributed by atoms with Gasteiger partial charge in [0.1, 0.15) is 18.2 Å². The summed E-state index contributed by atoms with van der Waals surface area (Å²) < 4.78 is 43.8. The van der Waals surface area contributed by atoms with Crippen molar-refractivity contribution in [2.24, 2.45) is 5.10 Å². The second-order valence-corrected chi connectivity index (χ2v) is 7.94. The SMILES string of the molecule is C=C(Br)COc1ccc(F)cc1/C=N/NS(=O)(=O)c1ccc(C)cc1. The quantitative estimate of drug-likeness (QED) is 0.541. The standard InChI is InChI=1S/C17H16BrFN2O3S/c1-12-3-6-16(7-4-12)25(22,23)21-20-10-14-9-15(19)5-8-17(14)24-11-13(2)18/h3-10,21H,2,11H2,1H3/b20-10+. The summed E-state index contributed by atoms with van der Waals surface area (Å²) in [5.41, 5.74) is 1.23. The van der Waals surface area contributed by atoms with Crippen molar-refractivity contribution in [3.05, 3.63) is 70.5 Å². The summed E-state index contributed by atoms with van der Waals surface area (Å²) >= 11 is 3.16. The molecule has 0 aliphatic rings. The predicted molar refractivity (Wildman–Crippen MR) is 99.1 cm³/mol. The van der Waals surface area contributed by atoms with E-state index >= 15 is 0 Å². The van der Waals surface area contributed by atoms with Crippen molar-refractivity contribution < 1.29 is 17.5 Å². The third-order valence-electron chi connectivity index (χ3n) is 3.06. The first-order chi connectivity index (χ1) is 11.8. The van der Waals surface area contributed by atoms with Crippen molar-refractivity contribution in [1.29, 1.82) is 0 Å². The summed E-state index contributed by atoms with van der Waals surface area (Å²) in [4.78, 5) is 2.18. The number of sulfonamides is 1. The lowest BCUT2D eigenvalue weighted by Crippen LogP contribution is -2.18. The van der Waals surface area contributed by atoms with Crippen LogP contribution in [-0.4, -0.2) is 21.2 Å². The lowest BCUT2D eigenvalue weighted by molar-refractivity contribution is 0.359. The third kappa shape index (κ3) is 5.68. The van der Waals surface area contributed by atoms with Gasteiger partial charge in [0.05, 0.1) is 11.1 Å². The van der Waals surface area contributed by atoms with Crippen LogP contribution in [0.2, 0.25) is 0 Å². The summed E-state index contributed by atoms with van der Waals surface area (Å²) in [5.74, 6) is -0.145. The molecule has 2 aromatic carbocycles. The molecule has 0 spiro atoms. The largest absolute Gasteiger partial charge is 0.488 e.